The molecule has 1 aliphatic heterocycles. The summed E-state index contributed by atoms with van der Waals surface area (Å²) in [5.41, 5.74) is 1.43. The van der Waals surface area contributed by atoms with Crippen LogP contribution in [0.25, 0.3) is 10.9 Å². The van der Waals surface area contributed by atoms with Crippen molar-refractivity contribution in [3.8, 4) is 11.5 Å². The molecule has 1 fully saturated rings. The normalized spacial score (nSPS) is 15.3. The highest BCUT2D eigenvalue weighted by molar-refractivity contribution is 8.00. The van der Waals surface area contributed by atoms with Gasteiger partial charge in [-0.2, -0.15) is 0 Å². The molecule has 1 saturated carbocycles. The summed E-state index contributed by atoms with van der Waals surface area (Å²) in [4.78, 5) is 22.0. The number of carbonyl (C=O) groups excluding carboxylic acids is 1. The van der Waals surface area contributed by atoms with Gasteiger partial charge in [0, 0.05) is 23.4 Å². The summed E-state index contributed by atoms with van der Waals surface area (Å²) in [6, 6.07) is 11.3. The summed E-state index contributed by atoms with van der Waals surface area (Å²) in [7, 11) is 0. The van der Waals surface area contributed by atoms with Gasteiger partial charge in [-0.1, -0.05) is 41.6 Å². The van der Waals surface area contributed by atoms with E-state index in [0.717, 1.165) is 34.6 Å². The Morgan fingerprint density at radius 3 is 2.69 bits per heavy atom. The molecule has 0 saturated heterocycles. The number of halogens is 1. The Morgan fingerprint density at radius 1 is 1.14 bits per heavy atom. The number of para-hydroxylation sites is 1. The number of carbonyl (C=O) groups is 1. The molecule has 6 nitrogen and oxygen atoms in total. The van der Waals surface area contributed by atoms with Crippen molar-refractivity contribution in [1.29, 1.82) is 0 Å². The molecular weight excluding hydrogens is 410 g/mol. The van der Waals surface area contributed by atoms with E-state index in [2.05, 4.69) is 10.3 Å². The second kappa shape index (κ2) is 7.72. The molecule has 1 N–H and O–H groups in total. The van der Waals surface area contributed by atoms with Gasteiger partial charge in [-0.3, -0.25) is 4.79 Å². The third-order valence-electron chi connectivity index (χ3n) is 4.77. The number of anilines is 1. The topological polar surface area (TPSA) is 73.3 Å². The number of nitrogens with zero attached hydrogens (tertiary/aromatic N) is 2. The molecule has 2 aromatic carbocycles. The van der Waals surface area contributed by atoms with Crippen molar-refractivity contribution in [2.45, 2.75) is 23.8 Å². The molecule has 0 bridgehead atoms. The average molecular weight is 428 g/mol. The lowest BCUT2D eigenvalue weighted by Crippen LogP contribution is -2.17. The highest BCUT2D eigenvalue weighted by Gasteiger charge is 2.27. The summed E-state index contributed by atoms with van der Waals surface area (Å²) in [5.74, 6) is 2.55. The highest BCUT2D eigenvalue weighted by atomic mass is 35.5. The molecule has 0 unspecified atom stereocenters. The maximum Gasteiger partial charge on any atom is 0.234 e. The van der Waals surface area contributed by atoms with Crippen LogP contribution in [-0.4, -0.2) is 34.8 Å². The van der Waals surface area contributed by atoms with Gasteiger partial charge in [0.25, 0.3) is 0 Å². The summed E-state index contributed by atoms with van der Waals surface area (Å²) in [6.07, 6.45) is 2.26. The van der Waals surface area contributed by atoms with Crippen LogP contribution in [0.3, 0.4) is 0 Å². The predicted molar refractivity (Wildman–Crippen MR) is 113 cm³/mol. The predicted octanol–water partition coefficient (Wildman–Crippen LogP) is 4.66. The second-order valence-electron chi connectivity index (χ2n) is 6.99. The summed E-state index contributed by atoms with van der Waals surface area (Å²) < 4.78 is 11.1. The van der Waals surface area contributed by atoms with Gasteiger partial charge >= 0.3 is 0 Å². The first-order valence-electron chi connectivity index (χ1n) is 9.46. The van der Waals surface area contributed by atoms with E-state index < -0.39 is 0 Å². The van der Waals surface area contributed by atoms with Gasteiger partial charge < -0.3 is 14.8 Å². The number of fused-ring (bicyclic) bond motifs is 2. The molecule has 5 rings (SSSR count). The first-order valence-corrected chi connectivity index (χ1v) is 10.8. The zero-order valence-corrected chi connectivity index (χ0v) is 17.1. The molecule has 1 aromatic heterocycles. The van der Waals surface area contributed by atoms with Crippen LogP contribution in [0.4, 0.5) is 5.69 Å². The fourth-order valence-electron chi connectivity index (χ4n) is 3.18. The average Bonchev–Trinajstić information content (AvgIpc) is 3.58. The van der Waals surface area contributed by atoms with Crippen molar-refractivity contribution < 1.29 is 14.3 Å². The molecule has 0 radical (unpaired) electrons. The monoisotopic (exact) mass is 427 g/mol. The molecule has 29 heavy (non-hydrogen) atoms. The minimum Gasteiger partial charge on any atom is -0.486 e. The Balaban J connectivity index is 1.32. The Bertz CT molecular complexity index is 1100. The van der Waals surface area contributed by atoms with Gasteiger partial charge in [-0.15, -0.1) is 0 Å². The van der Waals surface area contributed by atoms with E-state index in [1.165, 1.54) is 11.8 Å². The first-order chi connectivity index (χ1) is 14.2. The Kier molecular flexibility index (Phi) is 4.93. The summed E-state index contributed by atoms with van der Waals surface area (Å²) in [5, 5.41) is 5.07. The van der Waals surface area contributed by atoms with Crippen LogP contribution in [0.5, 0.6) is 11.5 Å². The molecule has 2 heterocycles. The Morgan fingerprint density at radius 2 is 1.90 bits per heavy atom. The van der Waals surface area contributed by atoms with Crippen LogP contribution in [0.1, 0.15) is 24.6 Å². The molecule has 8 heteroatoms. The minimum atomic E-state index is -0.163. The first kappa shape index (κ1) is 18.5. The van der Waals surface area contributed by atoms with E-state index in [9.17, 15) is 4.79 Å². The van der Waals surface area contributed by atoms with Crippen molar-refractivity contribution in [3.05, 3.63) is 47.2 Å². The maximum absolute atomic E-state index is 12.6. The van der Waals surface area contributed by atoms with Crippen molar-refractivity contribution in [2.75, 3.05) is 24.3 Å². The summed E-state index contributed by atoms with van der Waals surface area (Å²) in [6.45, 7) is 0.962. The van der Waals surface area contributed by atoms with E-state index in [-0.39, 0.29) is 11.7 Å². The number of hydrogen-bond donors (Lipinski definition) is 1. The zero-order valence-electron chi connectivity index (χ0n) is 15.5. The van der Waals surface area contributed by atoms with Crippen molar-refractivity contribution >= 4 is 45.9 Å². The zero-order chi connectivity index (χ0) is 19.8. The number of nitrogens with one attached hydrogen (secondary N) is 1. The number of ether oxygens (including phenoxy) is 2. The third-order valence-corrected chi connectivity index (χ3v) is 6.08. The van der Waals surface area contributed by atoms with Gasteiger partial charge in [0.05, 0.1) is 22.0 Å². The summed E-state index contributed by atoms with van der Waals surface area (Å²) >= 11 is 7.69. The molecule has 3 aromatic rings. The minimum absolute atomic E-state index is 0.163. The SMILES string of the molecule is O=C(CSc1nc(C2CC2)nc2ccccc12)Nc1cc2c(cc1Cl)OCCO2. The molecule has 0 atom stereocenters. The Hall–Kier alpha value is -2.51. The largest absolute Gasteiger partial charge is 0.486 e. The second-order valence-corrected chi connectivity index (χ2v) is 8.36. The number of aromatic nitrogens is 2. The van der Waals surface area contributed by atoms with E-state index in [1.807, 2.05) is 24.3 Å². The quantitative estimate of drug-likeness (QED) is 0.471. The molecule has 2 aliphatic rings. The number of hydrogen-bond acceptors (Lipinski definition) is 6. The van der Waals surface area contributed by atoms with Crippen LogP contribution >= 0.6 is 23.4 Å². The number of rotatable bonds is 5. The molecule has 148 valence electrons. The van der Waals surface area contributed by atoms with Gasteiger partial charge in [-0.05, 0) is 18.9 Å². The molecule has 0 spiro atoms. The van der Waals surface area contributed by atoms with E-state index in [4.69, 9.17) is 26.1 Å². The van der Waals surface area contributed by atoms with Gasteiger partial charge in [0.15, 0.2) is 11.5 Å². The van der Waals surface area contributed by atoms with E-state index >= 15 is 0 Å². The number of thioether (sulfide) groups is 1. The van der Waals surface area contributed by atoms with E-state index in [1.54, 1.807) is 12.1 Å². The smallest absolute Gasteiger partial charge is 0.234 e. The van der Waals surface area contributed by atoms with Crippen LogP contribution in [0.2, 0.25) is 5.02 Å². The fourth-order valence-corrected chi connectivity index (χ4v) is 4.21. The van der Waals surface area contributed by atoms with Crippen molar-refractivity contribution in [3.63, 3.8) is 0 Å². The third kappa shape index (κ3) is 3.97. The van der Waals surface area contributed by atoms with Crippen LogP contribution in [-0.2, 0) is 4.79 Å². The Labute approximate surface area is 177 Å². The van der Waals surface area contributed by atoms with Gasteiger partial charge in [0.2, 0.25) is 5.91 Å². The van der Waals surface area contributed by atoms with E-state index in [0.29, 0.717) is 41.3 Å². The maximum atomic E-state index is 12.6. The highest BCUT2D eigenvalue weighted by Crippen LogP contribution is 2.40. The molecule has 1 amide bonds. The standard InChI is InChI=1S/C21H18ClN3O3S/c22-14-9-17-18(28-8-7-27-17)10-16(14)23-19(26)11-29-21-13-3-1-2-4-15(13)24-20(25-21)12-5-6-12/h1-4,9-10,12H,5-8,11H2,(H,23,26). The number of benzene rings is 2. The van der Waals surface area contributed by atoms with Crippen molar-refractivity contribution in [2.24, 2.45) is 0 Å². The lowest BCUT2D eigenvalue weighted by molar-refractivity contribution is -0.113. The lowest BCUT2D eigenvalue weighted by atomic mass is 10.2. The van der Waals surface area contributed by atoms with Gasteiger partial charge in [0.1, 0.15) is 24.1 Å². The molecule has 1 aliphatic carbocycles. The van der Waals surface area contributed by atoms with Crippen LogP contribution < -0.4 is 14.8 Å². The van der Waals surface area contributed by atoms with Crippen LogP contribution in [0.15, 0.2) is 41.4 Å². The number of amides is 1. The van der Waals surface area contributed by atoms with Crippen LogP contribution in [0, 0.1) is 0 Å². The molecular formula is C21H18ClN3O3S. The van der Waals surface area contributed by atoms with Crippen molar-refractivity contribution in [1.82, 2.24) is 9.97 Å². The van der Waals surface area contributed by atoms with Gasteiger partial charge in [-0.25, -0.2) is 9.97 Å². The fraction of sp³-hybridized carbons (Fsp3) is 0.286. The lowest BCUT2D eigenvalue weighted by Gasteiger charge is -2.20.